The molecular weight excluding hydrogens is 562 g/mol. The zero-order valence-electron chi connectivity index (χ0n) is 24.0. The first kappa shape index (κ1) is 28.2. The van der Waals surface area contributed by atoms with Crippen molar-refractivity contribution in [2.75, 3.05) is 24.3 Å². The lowest BCUT2D eigenvalue weighted by molar-refractivity contribution is -0.131. The second-order valence-electron chi connectivity index (χ2n) is 10.8. The molecule has 2 aliphatic rings. The zero-order valence-corrected chi connectivity index (χ0v) is 24.8. The van der Waals surface area contributed by atoms with E-state index >= 15 is 0 Å². The van der Waals surface area contributed by atoms with Crippen molar-refractivity contribution in [1.29, 1.82) is 0 Å². The molecule has 0 aliphatic carbocycles. The molecule has 2 amide bonds. The summed E-state index contributed by atoms with van der Waals surface area (Å²) in [5.41, 5.74) is 5.52. The number of aryl methyl sites for hydroxylation is 1. The van der Waals surface area contributed by atoms with Crippen LogP contribution in [0.4, 0.5) is 16.2 Å². The molecule has 218 valence electrons. The minimum atomic E-state index is -0.733. The van der Waals surface area contributed by atoms with Gasteiger partial charge in [0.2, 0.25) is 5.91 Å². The maximum atomic E-state index is 14.3. The van der Waals surface area contributed by atoms with Gasteiger partial charge in [0.25, 0.3) is 5.56 Å². The van der Waals surface area contributed by atoms with Crippen LogP contribution in [0.3, 0.4) is 0 Å². The van der Waals surface area contributed by atoms with Crippen molar-refractivity contribution in [2.24, 2.45) is 0 Å². The zero-order chi connectivity index (χ0) is 30.1. The molecule has 0 radical (unpaired) electrons. The molecule has 0 fully saturated rings. The van der Waals surface area contributed by atoms with Gasteiger partial charge < -0.3 is 19.9 Å². The Morgan fingerprint density at radius 2 is 1.91 bits per heavy atom. The van der Waals surface area contributed by atoms with E-state index in [1.54, 1.807) is 30.4 Å². The van der Waals surface area contributed by atoms with Crippen LogP contribution >= 0.6 is 11.3 Å². The Morgan fingerprint density at radius 3 is 2.70 bits per heavy atom. The smallest absolute Gasteiger partial charge is 0.411 e. The number of nitrogens with zero attached hydrogens (tertiary/aromatic N) is 2. The fraction of sp³-hybridized carbons (Fsp3) is 0.212. The number of hydrogen-bond donors (Lipinski definition) is 3. The van der Waals surface area contributed by atoms with E-state index < -0.39 is 12.1 Å². The van der Waals surface area contributed by atoms with Crippen LogP contribution in [0.15, 0.2) is 83.2 Å². The van der Waals surface area contributed by atoms with Crippen LogP contribution in [0.5, 0.6) is 0 Å². The summed E-state index contributed by atoms with van der Waals surface area (Å²) in [5.74, 6) is -0.218. The minimum Gasteiger partial charge on any atom is -0.449 e. The number of carbonyl (C=O) groups is 2. The molecule has 3 N–H and O–H groups in total. The highest BCUT2D eigenvalue weighted by atomic mass is 32.1. The maximum Gasteiger partial charge on any atom is 0.411 e. The van der Waals surface area contributed by atoms with Crippen LogP contribution in [-0.4, -0.2) is 40.5 Å². The van der Waals surface area contributed by atoms with Gasteiger partial charge in [-0.3, -0.25) is 14.9 Å². The lowest BCUT2D eigenvalue weighted by Gasteiger charge is -2.28. The molecule has 43 heavy (non-hydrogen) atoms. The molecule has 3 aromatic carbocycles. The Hall–Kier alpha value is -4.96. The van der Waals surface area contributed by atoms with E-state index in [1.165, 1.54) is 11.3 Å². The van der Waals surface area contributed by atoms with Gasteiger partial charge in [0.15, 0.2) is 0 Å². The number of thiazole rings is 1. The fourth-order valence-electron chi connectivity index (χ4n) is 5.52. The number of aromatic nitrogens is 2. The van der Waals surface area contributed by atoms with Crippen molar-refractivity contribution in [2.45, 2.75) is 32.4 Å². The highest BCUT2D eigenvalue weighted by molar-refractivity contribution is 7.13. The number of amides is 2. The summed E-state index contributed by atoms with van der Waals surface area (Å²) in [6, 6.07) is 18.1. The Balaban J connectivity index is 1.43. The first-order valence-electron chi connectivity index (χ1n) is 14.0. The van der Waals surface area contributed by atoms with Gasteiger partial charge >= 0.3 is 6.09 Å². The van der Waals surface area contributed by atoms with Gasteiger partial charge in [-0.2, -0.15) is 0 Å². The molecule has 0 saturated carbocycles. The van der Waals surface area contributed by atoms with Gasteiger partial charge in [-0.05, 0) is 71.0 Å². The van der Waals surface area contributed by atoms with E-state index in [1.807, 2.05) is 73.8 Å². The first-order chi connectivity index (χ1) is 20.8. The van der Waals surface area contributed by atoms with E-state index in [9.17, 15) is 14.4 Å². The predicted molar refractivity (Wildman–Crippen MR) is 170 cm³/mol. The van der Waals surface area contributed by atoms with Crippen molar-refractivity contribution in [3.63, 3.8) is 0 Å². The van der Waals surface area contributed by atoms with Crippen LogP contribution < -0.4 is 16.2 Å². The van der Waals surface area contributed by atoms with Crippen molar-refractivity contribution in [1.82, 2.24) is 14.9 Å². The summed E-state index contributed by atoms with van der Waals surface area (Å²) in [5, 5.41) is 10.3. The Bertz CT molecular complexity index is 1880. The molecule has 10 heteroatoms. The standard InChI is InChI=1S/C33H31N5O4S/c1-19-14-22-5-8-26(19)20(2)18-42-33(41)37-24-7-9-27(31-35-12-13-43-31)23(15-24)17-38(3)32(40)29(22)36-25-6-4-21-10-11-34-30(39)28(21)16-25/h4-16,20,29,36H,17-18H2,1-3H3,(H,34,39)(H,37,41)/t20-,29+/m0/s1. The summed E-state index contributed by atoms with van der Waals surface area (Å²) in [6.45, 7) is 4.46. The second kappa shape index (κ2) is 11.7. The normalized spacial score (nSPS) is 17.5. The summed E-state index contributed by atoms with van der Waals surface area (Å²) in [7, 11) is 1.76. The number of likely N-dealkylation sites (N-methyl/N-ethyl adjacent to an activating group) is 1. The summed E-state index contributed by atoms with van der Waals surface area (Å²) in [4.78, 5) is 48.3. The van der Waals surface area contributed by atoms with Crippen LogP contribution in [0, 0.1) is 6.92 Å². The molecule has 4 bridgehead atoms. The average molecular weight is 594 g/mol. The van der Waals surface area contributed by atoms with Crippen molar-refractivity contribution < 1.29 is 14.3 Å². The van der Waals surface area contributed by atoms with E-state index in [0.29, 0.717) is 16.8 Å². The number of aromatic amines is 1. The second-order valence-corrected chi connectivity index (χ2v) is 11.7. The van der Waals surface area contributed by atoms with E-state index in [2.05, 4.69) is 20.6 Å². The van der Waals surface area contributed by atoms with Gasteiger partial charge in [-0.1, -0.05) is 31.2 Å². The predicted octanol–water partition coefficient (Wildman–Crippen LogP) is 6.44. The molecule has 2 aliphatic heterocycles. The van der Waals surface area contributed by atoms with Gasteiger partial charge in [-0.15, -0.1) is 11.3 Å². The van der Waals surface area contributed by atoms with Crippen molar-refractivity contribution in [3.05, 3.63) is 111 Å². The third-order valence-corrected chi connectivity index (χ3v) is 8.56. The third-order valence-electron chi connectivity index (χ3n) is 7.75. The minimum absolute atomic E-state index is 0.0625. The quantitative estimate of drug-likeness (QED) is 0.222. The number of pyridine rings is 1. The molecule has 0 unspecified atom stereocenters. The van der Waals surface area contributed by atoms with Gasteiger partial charge in [0.05, 0.1) is 6.61 Å². The van der Waals surface area contributed by atoms with Gasteiger partial charge in [0.1, 0.15) is 11.0 Å². The monoisotopic (exact) mass is 593 g/mol. The number of benzene rings is 3. The maximum absolute atomic E-state index is 14.3. The topological polar surface area (TPSA) is 116 Å². The van der Waals surface area contributed by atoms with Crippen LogP contribution in [0.1, 0.15) is 41.1 Å². The third kappa shape index (κ3) is 5.87. The molecule has 0 spiro atoms. The number of anilines is 2. The Kier molecular flexibility index (Phi) is 7.69. The van der Waals surface area contributed by atoms with E-state index in [4.69, 9.17) is 4.74 Å². The van der Waals surface area contributed by atoms with Gasteiger partial charge in [0, 0.05) is 59.6 Å². The molecule has 9 nitrogen and oxygen atoms in total. The Labute approximate surface area is 252 Å². The molecule has 4 heterocycles. The number of carbonyl (C=O) groups excluding carboxylic acids is 2. The lowest BCUT2D eigenvalue weighted by atomic mass is 9.93. The van der Waals surface area contributed by atoms with Crippen molar-refractivity contribution in [3.8, 4) is 10.6 Å². The van der Waals surface area contributed by atoms with E-state index in [-0.39, 0.29) is 30.5 Å². The molecule has 5 aromatic rings. The molecule has 0 saturated heterocycles. The summed E-state index contributed by atoms with van der Waals surface area (Å²) in [6.07, 6.45) is 2.82. The SMILES string of the molecule is Cc1cc2ccc1[C@@H](C)COC(=O)Nc1ccc(-c3nccs3)c(c1)CN(C)C(=O)[C@@H]2Nc1ccc2cc[nH]c(=O)c2c1. The van der Waals surface area contributed by atoms with Crippen molar-refractivity contribution >= 4 is 45.5 Å². The number of nitrogens with one attached hydrogen (secondary N) is 3. The fourth-order valence-corrected chi connectivity index (χ4v) is 6.22. The Morgan fingerprint density at radius 1 is 1.05 bits per heavy atom. The van der Waals surface area contributed by atoms with Crippen LogP contribution in [-0.2, 0) is 16.1 Å². The highest BCUT2D eigenvalue weighted by Gasteiger charge is 2.27. The van der Waals surface area contributed by atoms with E-state index in [0.717, 1.165) is 38.2 Å². The number of rotatable bonds is 3. The summed E-state index contributed by atoms with van der Waals surface area (Å²) < 4.78 is 5.58. The lowest BCUT2D eigenvalue weighted by Crippen LogP contribution is -2.35. The first-order valence-corrected chi connectivity index (χ1v) is 14.8. The van der Waals surface area contributed by atoms with Crippen LogP contribution in [0.25, 0.3) is 21.3 Å². The highest BCUT2D eigenvalue weighted by Crippen LogP contribution is 2.32. The van der Waals surface area contributed by atoms with Gasteiger partial charge in [-0.25, -0.2) is 9.78 Å². The number of ether oxygens (including phenoxy) is 1. The summed E-state index contributed by atoms with van der Waals surface area (Å²) >= 11 is 1.50. The number of H-pyrrole nitrogens is 1. The molecule has 2 aromatic heterocycles. The molecule has 7 rings (SSSR count). The number of hydrogen-bond acceptors (Lipinski definition) is 7. The van der Waals surface area contributed by atoms with Crippen LogP contribution in [0.2, 0.25) is 0 Å². The number of fused-ring (bicyclic) bond motifs is 10. The molecular formula is C33H31N5O4S. The molecule has 2 atom stereocenters. The largest absolute Gasteiger partial charge is 0.449 e. The average Bonchev–Trinajstić information content (AvgIpc) is 3.53.